The average molecular weight is 1470 g/mol. The van der Waals surface area contributed by atoms with E-state index in [9.17, 15) is 13.3 Å². The molecular formula is C96H82O6Si5. The zero-order valence-corrected chi connectivity index (χ0v) is 64.3. The minimum atomic E-state index is -4.10. The predicted molar refractivity (Wildman–Crippen MR) is 450 cm³/mol. The number of hydrogen-bond acceptors (Lipinski definition) is 6. The zero-order chi connectivity index (χ0) is 72.2. The van der Waals surface area contributed by atoms with Crippen LogP contribution >= 0.6 is 0 Å². The molecule has 3 unspecified atom stereocenters. The van der Waals surface area contributed by atoms with Gasteiger partial charge in [0.05, 0.1) is 0 Å². The van der Waals surface area contributed by atoms with E-state index in [0.29, 0.717) is 0 Å². The lowest BCUT2D eigenvalue weighted by atomic mass is 9.85. The Hall–Kier alpha value is -10.9. The molecule has 0 spiro atoms. The van der Waals surface area contributed by atoms with Crippen LogP contribution in [0.2, 0.25) is 0 Å². The molecule has 6 nitrogen and oxygen atoms in total. The van der Waals surface area contributed by atoms with E-state index in [-0.39, 0.29) is 0 Å². The first-order chi connectivity index (χ1) is 53.0. The van der Waals surface area contributed by atoms with Crippen LogP contribution in [-0.2, 0) is 22.1 Å². The van der Waals surface area contributed by atoms with E-state index in [4.69, 9.17) is 8.85 Å². The molecule has 1 aliphatic rings. The molecule has 522 valence electrons. The lowest BCUT2D eigenvalue weighted by Crippen LogP contribution is -2.83. The van der Waals surface area contributed by atoms with Crippen molar-refractivity contribution in [3.05, 3.63) is 455 Å². The lowest BCUT2D eigenvalue weighted by Gasteiger charge is -2.57. The van der Waals surface area contributed by atoms with Crippen molar-refractivity contribution in [3.63, 3.8) is 0 Å². The van der Waals surface area contributed by atoms with Crippen LogP contribution in [-0.4, -0.2) is 83.3 Å². The SMILES string of the molecule is OC1[C@H](O[Si](c2ccccc2)(c2ccccc2)c2ccccc2)C(O[Si](c2ccccc2)(c2ccccc2)c2ccccc2)C(O[Si](c2ccccc2)(c2ccccc2)c2ccccc2)[C@@H](O[Si](c2ccccc2)(c2ccccc2)c2ccccc2)[C@@H]1O[Si](c1ccccc1)(c1ccccc1)c1ccccc1. The van der Waals surface area contributed by atoms with E-state index in [1.807, 2.05) is 0 Å². The van der Waals surface area contributed by atoms with Crippen LogP contribution < -0.4 is 77.8 Å². The van der Waals surface area contributed by atoms with Gasteiger partial charge >= 0.3 is 0 Å². The number of aliphatic hydroxyl groups is 1. The van der Waals surface area contributed by atoms with E-state index >= 15 is 5.11 Å². The van der Waals surface area contributed by atoms with Crippen molar-refractivity contribution >= 4 is 119 Å². The topological polar surface area (TPSA) is 66.4 Å². The molecule has 0 saturated heterocycles. The van der Waals surface area contributed by atoms with Crippen molar-refractivity contribution in [2.24, 2.45) is 0 Å². The molecule has 1 aliphatic carbocycles. The highest BCUT2D eigenvalue weighted by Gasteiger charge is 2.65. The summed E-state index contributed by atoms with van der Waals surface area (Å²) in [5.74, 6) is 0. The van der Waals surface area contributed by atoms with E-state index < -0.39 is 78.2 Å². The fourth-order valence-electron chi connectivity index (χ4n) is 16.4. The maximum atomic E-state index is 16.1. The second-order valence-corrected chi connectivity index (χ2v) is 43.9. The number of hydrogen-bond donors (Lipinski definition) is 1. The Balaban J connectivity index is 1.12. The van der Waals surface area contributed by atoms with E-state index in [2.05, 4.69) is 455 Å². The highest BCUT2D eigenvalue weighted by atomic mass is 28.4. The van der Waals surface area contributed by atoms with Crippen LogP contribution in [0.3, 0.4) is 0 Å². The van der Waals surface area contributed by atoms with Gasteiger partial charge in [0.1, 0.15) is 36.6 Å². The van der Waals surface area contributed by atoms with Crippen LogP contribution in [0, 0.1) is 0 Å². The second kappa shape index (κ2) is 32.1. The summed E-state index contributed by atoms with van der Waals surface area (Å²) in [7, 11) is -20.3. The summed E-state index contributed by atoms with van der Waals surface area (Å²) in [6.07, 6.45) is -8.02. The maximum absolute atomic E-state index is 16.1. The van der Waals surface area contributed by atoms with Crippen LogP contribution in [0.15, 0.2) is 455 Å². The molecule has 0 aromatic heterocycles. The summed E-state index contributed by atoms with van der Waals surface area (Å²) < 4.78 is 46.2. The molecule has 1 fully saturated rings. The monoisotopic (exact) mass is 1470 g/mol. The van der Waals surface area contributed by atoms with Crippen LogP contribution in [0.25, 0.3) is 0 Å². The summed E-state index contributed by atoms with van der Waals surface area (Å²) in [5, 5.41) is 30.8. The Morgan fingerprint density at radius 2 is 0.215 bits per heavy atom. The number of benzene rings is 15. The zero-order valence-electron chi connectivity index (χ0n) is 59.3. The molecule has 15 aromatic rings. The van der Waals surface area contributed by atoms with Gasteiger partial charge in [0, 0.05) is 0 Å². The van der Waals surface area contributed by atoms with Crippen LogP contribution in [0.5, 0.6) is 0 Å². The summed E-state index contributed by atoms with van der Waals surface area (Å²) >= 11 is 0. The largest absolute Gasteiger partial charge is 0.396 e. The van der Waals surface area contributed by atoms with Crippen LogP contribution in [0.1, 0.15) is 0 Å². The third-order valence-corrected chi connectivity index (χ3v) is 41.6. The van der Waals surface area contributed by atoms with Crippen LogP contribution in [0.4, 0.5) is 0 Å². The Bertz CT molecular complexity index is 4480. The standard InChI is InChI=1S/C96H82O6Si5/c97-91-92(98-103(76-46-16-1-17-47-76,77-48-18-2-19-49-77)78-50-20-3-21-51-78)94(100-105(82-58-28-7-29-59-82,83-60-30-8-31-61-83)84-62-32-9-33-63-84)96(102-107(88-70-40-13-41-71-88,89-72-42-14-43-73-89)90-74-44-15-45-75-90)95(101-106(85-64-34-10-35-65-85,86-66-36-11-37-67-86)87-68-38-12-39-69-87)93(91)99-104(79-52-22-4-23-53-79,80-54-24-5-25-55-80)81-56-26-6-27-57-81/h1-75,91-97H/t91?,92-,93+,94+,95?,96?/m1/s1. The van der Waals surface area contributed by atoms with E-state index in [0.717, 1.165) is 77.8 Å². The van der Waals surface area contributed by atoms with Crippen molar-refractivity contribution in [3.8, 4) is 0 Å². The highest BCUT2D eigenvalue weighted by Crippen LogP contribution is 2.40. The summed E-state index contributed by atoms with van der Waals surface area (Å²) in [6, 6.07) is 161. The van der Waals surface area contributed by atoms with E-state index in [1.165, 1.54) is 0 Å². The summed E-state index contributed by atoms with van der Waals surface area (Å²) in [6.45, 7) is 0. The van der Waals surface area contributed by atoms with Gasteiger partial charge in [-0.1, -0.05) is 455 Å². The third kappa shape index (κ3) is 13.4. The minimum Gasteiger partial charge on any atom is -0.396 e. The number of rotatable bonds is 25. The Kier molecular flexibility index (Phi) is 21.1. The van der Waals surface area contributed by atoms with Gasteiger partial charge in [0.15, 0.2) is 0 Å². The first kappa shape index (κ1) is 70.5. The molecule has 0 aliphatic heterocycles. The molecule has 0 radical (unpaired) electrons. The summed E-state index contributed by atoms with van der Waals surface area (Å²) in [5.41, 5.74) is 0. The predicted octanol–water partition coefficient (Wildman–Crippen LogP) is 9.62. The van der Waals surface area contributed by atoms with Gasteiger partial charge < -0.3 is 27.2 Å². The van der Waals surface area contributed by atoms with Gasteiger partial charge in [-0.15, -0.1) is 0 Å². The number of aliphatic hydroxyl groups excluding tert-OH is 1. The van der Waals surface area contributed by atoms with Gasteiger partial charge in [0.25, 0.3) is 41.6 Å². The molecule has 1 saturated carbocycles. The molecule has 0 heterocycles. The first-order valence-electron chi connectivity index (χ1n) is 36.9. The summed E-state index contributed by atoms with van der Waals surface area (Å²) in [4.78, 5) is 0. The first-order valence-corrected chi connectivity index (χ1v) is 46.4. The molecule has 0 bridgehead atoms. The van der Waals surface area contributed by atoms with Crippen molar-refractivity contribution in [1.29, 1.82) is 0 Å². The van der Waals surface area contributed by atoms with Crippen molar-refractivity contribution in [1.82, 2.24) is 0 Å². The van der Waals surface area contributed by atoms with Gasteiger partial charge in [-0.3, -0.25) is 0 Å². The molecule has 16 rings (SSSR count). The van der Waals surface area contributed by atoms with Crippen molar-refractivity contribution < 1.29 is 27.2 Å². The van der Waals surface area contributed by atoms with E-state index in [1.54, 1.807) is 0 Å². The third-order valence-electron chi connectivity index (χ3n) is 21.2. The van der Waals surface area contributed by atoms with Gasteiger partial charge in [-0.05, 0) is 77.8 Å². The Morgan fingerprint density at radius 1 is 0.131 bits per heavy atom. The van der Waals surface area contributed by atoms with Gasteiger partial charge in [0.2, 0.25) is 0 Å². The average Bonchev–Trinajstić information content (AvgIpc) is 0.705. The molecule has 11 heteroatoms. The maximum Gasteiger partial charge on any atom is 0.288 e. The van der Waals surface area contributed by atoms with Crippen molar-refractivity contribution in [2.45, 2.75) is 36.6 Å². The molecule has 6 atom stereocenters. The quantitative estimate of drug-likeness (QED) is 0.0455. The molecule has 107 heavy (non-hydrogen) atoms. The van der Waals surface area contributed by atoms with Crippen molar-refractivity contribution in [2.75, 3.05) is 0 Å². The molecule has 0 amide bonds. The second-order valence-electron chi connectivity index (χ2n) is 27.3. The van der Waals surface area contributed by atoms with Gasteiger partial charge in [-0.25, -0.2) is 0 Å². The normalized spacial score (nSPS) is 17.0. The highest BCUT2D eigenvalue weighted by molar-refractivity contribution is 7.10. The molecule has 15 aromatic carbocycles. The minimum absolute atomic E-state index is 0.973. The Morgan fingerprint density at radius 3 is 0.318 bits per heavy atom. The molecule has 1 N–H and O–H groups in total. The lowest BCUT2D eigenvalue weighted by molar-refractivity contribution is -0.196. The fourth-order valence-corrected chi connectivity index (χ4v) is 36.8. The fraction of sp³-hybridized carbons (Fsp3) is 0.0625. The van der Waals surface area contributed by atoms with Gasteiger partial charge in [-0.2, -0.15) is 0 Å². The Labute approximate surface area is 633 Å². The molecular weight excluding hydrogens is 1390 g/mol. The smallest absolute Gasteiger partial charge is 0.288 e.